The van der Waals surface area contributed by atoms with Gasteiger partial charge in [0.2, 0.25) is 5.89 Å². The van der Waals surface area contributed by atoms with Gasteiger partial charge >= 0.3 is 0 Å². The van der Waals surface area contributed by atoms with Crippen molar-refractivity contribution in [2.24, 2.45) is 0 Å². The molecule has 0 saturated carbocycles. The zero-order chi connectivity index (χ0) is 13.1. The number of aryl methyl sites for hydroxylation is 2. The molecule has 0 spiro atoms. The molecule has 0 fully saturated rings. The third kappa shape index (κ3) is 2.79. The predicted molar refractivity (Wildman–Crippen MR) is 69.2 cm³/mol. The molecule has 2 heterocycles. The minimum atomic E-state index is 0.289. The van der Waals surface area contributed by atoms with Gasteiger partial charge in [0, 0.05) is 18.4 Å². The van der Waals surface area contributed by atoms with Crippen LogP contribution in [0.5, 0.6) is 0 Å². The lowest BCUT2D eigenvalue weighted by atomic mass is 10.2. The average molecular weight is 248 g/mol. The van der Waals surface area contributed by atoms with Crippen LogP contribution in [-0.2, 0) is 6.54 Å². The van der Waals surface area contributed by atoms with Gasteiger partial charge in [-0.2, -0.15) is 5.10 Å². The molecule has 18 heavy (non-hydrogen) atoms. The molecule has 1 N–H and O–H groups in total. The molecule has 2 atom stereocenters. The number of oxazole rings is 1. The van der Waals surface area contributed by atoms with Crippen molar-refractivity contribution in [2.75, 3.05) is 0 Å². The summed E-state index contributed by atoms with van der Waals surface area (Å²) < 4.78 is 7.49. The maximum atomic E-state index is 5.54. The summed E-state index contributed by atoms with van der Waals surface area (Å²) in [5.74, 6) is 1.63. The van der Waals surface area contributed by atoms with Crippen molar-refractivity contribution in [3.8, 4) is 0 Å². The Labute approximate surface area is 107 Å². The van der Waals surface area contributed by atoms with Gasteiger partial charge < -0.3 is 9.73 Å². The summed E-state index contributed by atoms with van der Waals surface area (Å²) in [6.45, 7) is 8.80. The van der Waals surface area contributed by atoms with Crippen LogP contribution < -0.4 is 5.32 Å². The third-order valence-corrected chi connectivity index (χ3v) is 3.31. The molecule has 0 aliphatic rings. The van der Waals surface area contributed by atoms with Gasteiger partial charge in [-0.05, 0) is 33.8 Å². The Kier molecular flexibility index (Phi) is 3.81. The van der Waals surface area contributed by atoms with Gasteiger partial charge in [-0.15, -0.1) is 0 Å². The standard InChI is InChI=1S/C13H20N4O/c1-9(11(3)17-7-5-6-15-17)14-8-13-16-10(2)12(4)18-13/h5-7,9,11,14H,8H2,1-4H3/t9-,11+/m0/s1. The molecular formula is C13H20N4O. The fourth-order valence-corrected chi connectivity index (χ4v) is 1.78. The summed E-state index contributed by atoms with van der Waals surface area (Å²) in [4.78, 5) is 4.35. The predicted octanol–water partition coefficient (Wildman–Crippen LogP) is 2.23. The van der Waals surface area contributed by atoms with E-state index >= 15 is 0 Å². The lowest BCUT2D eigenvalue weighted by molar-refractivity contribution is 0.345. The molecule has 0 aliphatic carbocycles. The molecule has 0 bridgehead atoms. The van der Waals surface area contributed by atoms with Gasteiger partial charge in [0.25, 0.3) is 0 Å². The second-order valence-corrected chi connectivity index (χ2v) is 4.65. The first kappa shape index (κ1) is 12.8. The maximum absolute atomic E-state index is 5.54. The second-order valence-electron chi connectivity index (χ2n) is 4.65. The number of nitrogens with zero attached hydrogens (tertiary/aromatic N) is 3. The van der Waals surface area contributed by atoms with Crippen molar-refractivity contribution in [1.82, 2.24) is 20.1 Å². The highest BCUT2D eigenvalue weighted by Crippen LogP contribution is 2.11. The zero-order valence-corrected chi connectivity index (χ0v) is 11.3. The van der Waals surface area contributed by atoms with Crippen molar-refractivity contribution in [1.29, 1.82) is 0 Å². The molecule has 5 nitrogen and oxygen atoms in total. The lowest BCUT2D eigenvalue weighted by Gasteiger charge is -2.21. The topological polar surface area (TPSA) is 55.9 Å². The Bertz CT molecular complexity index is 470. The maximum Gasteiger partial charge on any atom is 0.208 e. The van der Waals surface area contributed by atoms with Crippen molar-refractivity contribution in [3.63, 3.8) is 0 Å². The molecule has 2 aromatic heterocycles. The van der Waals surface area contributed by atoms with Crippen LogP contribution in [-0.4, -0.2) is 20.8 Å². The summed E-state index contributed by atoms with van der Waals surface area (Å²) in [5, 5.41) is 7.66. The van der Waals surface area contributed by atoms with Crippen molar-refractivity contribution in [3.05, 3.63) is 35.8 Å². The molecule has 98 valence electrons. The van der Waals surface area contributed by atoms with Crippen molar-refractivity contribution >= 4 is 0 Å². The SMILES string of the molecule is Cc1nc(CN[C@@H](C)[C@@H](C)n2cccn2)oc1C. The summed E-state index contributed by atoms with van der Waals surface area (Å²) >= 11 is 0. The Morgan fingerprint density at radius 3 is 2.72 bits per heavy atom. The van der Waals surface area contributed by atoms with Crippen LogP contribution in [0.15, 0.2) is 22.9 Å². The van der Waals surface area contributed by atoms with Crippen molar-refractivity contribution in [2.45, 2.75) is 46.3 Å². The Balaban J connectivity index is 1.90. The smallest absolute Gasteiger partial charge is 0.208 e. The van der Waals surface area contributed by atoms with E-state index in [1.165, 1.54) is 0 Å². The van der Waals surface area contributed by atoms with Crippen LogP contribution in [0.4, 0.5) is 0 Å². The molecule has 5 heteroatoms. The van der Waals surface area contributed by atoms with Gasteiger partial charge in [-0.3, -0.25) is 4.68 Å². The minimum absolute atomic E-state index is 0.289. The number of aromatic nitrogens is 3. The van der Waals surface area contributed by atoms with E-state index in [9.17, 15) is 0 Å². The van der Waals surface area contributed by atoms with Crippen LogP contribution >= 0.6 is 0 Å². The van der Waals surface area contributed by atoms with Gasteiger partial charge in [-0.1, -0.05) is 0 Å². The molecular weight excluding hydrogens is 228 g/mol. The first-order valence-corrected chi connectivity index (χ1v) is 6.23. The summed E-state index contributed by atoms with van der Waals surface area (Å²) in [5.41, 5.74) is 0.958. The van der Waals surface area contributed by atoms with Crippen LogP contribution in [0.2, 0.25) is 0 Å². The lowest BCUT2D eigenvalue weighted by Crippen LogP contribution is -2.33. The van der Waals surface area contributed by atoms with Crippen LogP contribution in [0, 0.1) is 13.8 Å². The van der Waals surface area contributed by atoms with E-state index < -0.39 is 0 Å². The highest BCUT2D eigenvalue weighted by molar-refractivity contribution is 5.05. The van der Waals surface area contributed by atoms with Gasteiger partial charge in [0.15, 0.2) is 0 Å². The van der Waals surface area contributed by atoms with E-state index in [1.807, 2.05) is 30.8 Å². The fourth-order valence-electron chi connectivity index (χ4n) is 1.78. The molecule has 0 aromatic carbocycles. The largest absolute Gasteiger partial charge is 0.444 e. The minimum Gasteiger partial charge on any atom is -0.444 e. The van der Waals surface area contributed by atoms with Gasteiger partial charge in [-0.25, -0.2) is 4.98 Å². The summed E-state index contributed by atoms with van der Waals surface area (Å²) in [6.07, 6.45) is 3.77. The number of rotatable bonds is 5. The average Bonchev–Trinajstić information content (AvgIpc) is 2.96. The first-order valence-electron chi connectivity index (χ1n) is 6.23. The molecule has 0 aliphatic heterocycles. The Morgan fingerprint density at radius 2 is 2.17 bits per heavy atom. The van der Waals surface area contributed by atoms with Gasteiger partial charge in [0.1, 0.15) is 5.76 Å². The van der Waals surface area contributed by atoms with Crippen LogP contribution in [0.3, 0.4) is 0 Å². The normalized spacial score (nSPS) is 14.7. The fraction of sp³-hybridized carbons (Fsp3) is 0.538. The molecule has 2 aromatic rings. The molecule has 0 amide bonds. The highest BCUT2D eigenvalue weighted by atomic mass is 16.4. The molecule has 0 saturated heterocycles. The van der Waals surface area contributed by atoms with Crippen molar-refractivity contribution < 1.29 is 4.42 Å². The number of nitrogens with one attached hydrogen (secondary N) is 1. The third-order valence-electron chi connectivity index (χ3n) is 3.31. The van der Waals surface area contributed by atoms with E-state index in [4.69, 9.17) is 4.42 Å². The van der Waals surface area contributed by atoms with Gasteiger partial charge in [0.05, 0.1) is 18.3 Å². The number of hydrogen-bond donors (Lipinski definition) is 1. The summed E-state index contributed by atoms with van der Waals surface area (Å²) in [7, 11) is 0. The summed E-state index contributed by atoms with van der Waals surface area (Å²) in [6, 6.07) is 2.51. The molecule has 2 rings (SSSR count). The van der Waals surface area contributed by atoms with E-state index in [0.29, 0.717) is 6.54 Å². The Hall–Kier alpha value is -1.62. The second kappa shape index (κ2) is 5.35. The highest BCUT2D eigenvalue weighted by Gasteiger charge is 2.14. The number of hydrogen-bond acceptors (Lipinski definition) is 4. The quantitative estimate of drug-likeness (QED) is 0.881. The zero-order valence-electron chi connectivity index (χ0n) is 11.3. The van der Waals surface area contributed by atoms with E-state index in [1.54, 1.807) is 6.20 Å². The molecule has 0 unspecified atom stereocenters. The van der Waals surface area contributed by atoms with E-state index in [2.05, 4.69) is 29.2 Å². The Morgan fingerprint density at radius 1 is 1.39 bits per heavy atom. The van der Waals surface area contributed by atoms with E-state index in [-0.39, 0.29) is 12.1 Å². The van der Waals surface area contributed by atoms with Crippen LogP contribution in [0.1, 0.15) is 37.2 Å². The first-order chi connectivity index (χ1) is 8.58. The monoisotopic (exact) mass is 248 g/mol. The molecule has 0 radical (unpaired) electrons. The van der Waals surface area contributed by atoms with Crippen LogP contribution in [0.25, 0.3) is 0 Å². The van der Waals surface area contributed by atoms with E-state index in [0.717, 1.165) is 17.3 Å².